The predicted molar refractivity (Wildman–Crippen MR) is 115 cm³/mol. The van der Waals surface area contributed by atoms with Crippen molar-refractivity contribution in [3.63, 3.8) is 0 Å². The first-order chi connectivity index (χ1) is 14.4. The second kappa shape index (κ2) is 7.85. The summed E-state index contributed by atoms with van der Waals surface area (Å²) < 4.78 is 39.9. The van der Waals surface area contributed by atoms with Crippen LogP contribution in [0.25, 0.3) is 0 Å². The zero-order chi connectivity index (χ0) is 20.9. The van der Waals surface area contributed by atoms with Gasteiger partial charge in [0.25, 0.3) is 0 Å². The maximum atomic E-state index is 13.3. The number of fused-ring (bicyclic) bond motifs is 5. The van der Waals surface area contributed by atoms with Crippen molar-refractivity contribution in [2.75, 3.05) is 0 Å². The van der Waals surface area contributed by atoms with E-state index < -0.39 is 12.1 Å². The van der Waals surface area contributed by atoms with Gasteiger partial charge in [-0.1, -0.05) is 37.3 Å². The summed E-state index contributed by atoms with van der Waals surface area (Å²) in [5, 5.41) is 0. The summed E-state index contributed by atoms with van der Waals surface area (Å²) in [5.74, 6) is 3.03. The number of hydrogen-bond acceptors (Lipinski definition) is 0. The van der Waals surface area contributed by atoms with Gasteiger partial charge in [0.1, 0.15) is 0 Å². The fourth-order valence-corrected chi connectivity index (χ4v) is 8.72. The van der Waals surface area contributed by atoms with Crippen molar-refractivity contribution < 1.29 is 13.2 Å². The molecule has 4 aliphatic carbocycles. The van der Waals surface area contributed by atoms with Crippen LogP contribution >= 0.6 is 0 Å². The van der Waals surface area contributed by atoms with Crippen molar-refractivity contribution in [1.82, 2.24) is 0 Å². The third-order valence-corrected chi connectivity index (χ3v) is 10.2. The predicted octanol–water partition coefficient (Wildman–Crippen LogP) is 8.07. The average molecular weight is 419 g/mol. The van der Waals surface area contributed by atoms with Gasteiger partial charge in [-0.2, -0.15) is 13.2 Å². The van der Waals surface area contributed by atoms with E-state index in [0.29, 0.717) is 36.0 Å². The zero-order valence-electron chi connectivity index (χ0n) is 18.3. The summed E-state index contributed by atoms with van der Waals surface area (Å²) in [6, 6.07) is 10.9. The molecule has 4 unspecified atom stereocenters. The number of alkyl halides is 3. The lowest BCUT2D eigenvalue weighted by molar-refractivity contribution is -0.196. The van der Waals surface area contributed by atoms with E-state index in [2.05, 4.69) is 37.3 Å². The summed E-state index contributed by atoms with van der Waals surface area (Å²) in [5.41, 5.74) is 1.92. The van der Waals surface area contributed by atoms with Gasteiger partial charge in [-0.25, -0.2) is 0 Å². The average Bonchev–Trinajstić information content (AvgIpc) is 3.08. The summed E-state index contributed by atoms with van der Waals surface area (Å²) in [6.45, 7) is 2.57. The lowest BCUT2D eigenvalue weighted by atomic mass is 9.49. The van der Waals surface area contributed by atoms with E-state index in [1.165, 1.54) is 50.5 Å². The van der Waals surface area contributed by atoms with Crippen LogP contribution in [-0.4, -0.2) is 6.18 Å². The van der Waals surface area contributed by atoms with Crippen LogP contribution in [-0.2, 0) is 6.42 Å². The van der Waals surface area contributed by atoms with Crippen molar-refractivity contribution in [2.45, 2.75) is 83.7 Å². The van der Waals surface area contributed by atoms with Gasteiger partial charge in [0.2, 0.25) is 0 Å². The molecule has 4 fully saturated rings. The zero-order valence-corrected chi connectivity index (χ0v) is 18.3. The molecular weight excluding hydrogens is 381 g/mol. The van der Waals surface area contributed by atoms with E-state index in [1.54, 1.807) is 0 Å². The molecule has 1 aromatic rings. The number of hydrogen-bond donors (Lipinski definition) is 0. The maximum Gasteiger partial charge on any atom is 0.391 e. The molecule has 8 atom stereocenters. The van der Waals surface area contributed by atoms with Gasteiger partial charge >= 0.3 is 6.18 Å². The molecule has 4 aliphatic rings. The van der Waals surface area contributed by atoms with E-state index >= 15 is 0 Å². The van der Waals surface area contributed by atoms with Crippen molar-refractivity contribution >= 4 is 0 Å². The number of rotatable bonds is 3. The minimum absolute atomic E-state index is 0.339. The second-order valence-electron chi connectivity index (χ2n) is 11.3. The standard InChI is InChI=1S/C27H37F3/c1-26-16-15-23-22-13-10-21(27(28,29)30)17-19(22)8-12-24(23)25(26)14-11-20(26)9-7-18-5-3-2-4-6-18/h2-6,19-25H,7-17H2,1H3/t19-,20?,21?,22+,23?,24-,25?,26-/m1/s1. The molecule has 0 amide bonds. The van der Waals surface area contributed by atoms with Gasteiger partial charge in [0.15, 0.2) is 0 Å². The van der Waals surface area contributed by atoms with Gasteiger partial charge < -0.3 is 0 Å². The minimum atomic E-state index is -3.98. The fourth-order valence-electron chi connectivity index (χ4n) is 8.72. The second-order valence-corrected chi connectivity index (χ2v) is 11.3. The van der Waals surface area contributed by atoms with Crippen LogP contribution in [0.5, 0.6) is 0 Å². The molecule has 30 heavy (non-hydrogen) atoms. The fraction of sp³-hybridized carbons (Fsp3) is 0.778. The Morgan fingerprint density at radius 2 is 1.63 bits per heavy atom. The SMILES string of the molecule is C[C@]12CCC3[C@@H](CC[C@@H]4CC(C(F)(F)F)CC[C@H]34)C1CCC2CCc1ccccc1. The van der Waals surface area contributed by atoms with Crippen LogP contribution in [0.3, 0.4) is 0 Å². The van der Waals surface area contributed by atoms with Crippen LogP contribution < -0.4 is 0 Å². The Bertz CT molecular complexity index is 725. The molecule has 5 rings (SSSR count). The molecule has 0 nitrogen and oxygen atoms in total. The van der Waals surface area contributed by atoms with E-state index in [0.717, 1.165) is 30.6 Å². The first-order valence-electron chi connectivity index (χ1n) is 12.5. The van der Waals surface area contributed by atoms with Gasteiger partial charge in [-0.15, -0.1) is 0 Å². The molecule has 0 aromatic heterocycles. The largest absolute Gasteiger partial charge is 0.391 e. The quantitative estimate of drug-likeness (QED) is 0.465. The minimum Gasteiger partial charge on any atom is -0.171 e. The molecule has 0 radical (unpaired) electrons. The lowest BCUT2D eigenvalue weighted by Crippen LogP contribution is -2.49. The van der Waals surface area contributed by atoms with Crippen molar-refractivity contribution in [2.24, 2.45) is 46.8 Å². The molecule has 0 bridgehead atoms. The smallest absolute Gasteiger partial charge is 0.171 e. The molecule has 3 heteroatoms. The highest BCUT2D eigenvalue weighted by Crippen LogP contribution is 2.65. The topological polar surface area (TPSA) is 0 Å². The number of aryl methyl sites for hydroxylation is 1. The van der Waals surface area contributed by atoms with Crippen LogP contribution in [0.2, 0.25) is 0 Å². The van der Waals surface area contributed by atoms with Crippen molar-refractivity contribution in [3.05, 3.63) is 35.9 Å². The summed E-state index contributed by atoms with van der Waals surface area (Å²) in [6.07, 6.45) is 7.69. The first kappa shape index (κ1) is 20.9. The van der Waals surface area contributed by atoms with E-state index in [4.69, 9.17) is 0 Å². The number of halogens is 3. The molecular formula is C27H37F3. The van der Waals surface area contributed by atoms with Crippen LogP contribution in [0, 0.1) is 46.8 Å². The highest BCUT2D eigenvalue weighted by molar-refractivity contribution is 5.15. The third kappa shape index (κ3) is 3.62. The molecule has 4 saturated carbocycles. The Morgan fingerprint density at radius 1 is 0.867 bits per heavy atom. The lowest BCUT2D eigenvalue weighted by Gasteiger charge is -2.56. The van der Waals surface area contributed by atoms with Gasteiger partial charge in [-0.3, -0.25) is 0 Å². The molecule has 0 heterocycles. The Labute approximate surface area is 180 Å². The van der Waals surface area contributed by atoms with E-state index in [-0.39, 0.29) is 0 Å². The maximum absolute atomic E-state index is 13.3. The Hall–Kier alpha value is -0.990. The van der Waals surface area contributed by atoms with Crippen molar-refractivity contribution in [3.8, 4) is 0 Å². The monoisotopic (exact) mass is 418 g/mol. The molecule has 0 spiro atoms. The normalized spacial score (nSPS) is 43.5. The van der Waals surface area contributed by atoms with Gasteiger partial charge in [0, 0.05) is 0 Å². The summed E-state index contributed by atoms with van der Waals surface area (Å²) in [4.78, 5) is 0. The van der Waals surface area contributed by atoms with Gasteiger partial charge in [0.05, 0.1) is 5.92 Å². The molecule has 166 valence electrons. The highest BCUT2D eigenvalue weighted by atomic mass is 19.4. The molecule has 0 N–H and O–H groups in total. The van der Waals surface area contributed by atoms with Crippen LogP contribution in [0.15, 0.2) is 30.3 Å². The first-order valence-corrected chi connectivity index (χ1v) is 12.5. The summed E-state index contributed by atoms with van der Waals surface area (Å²) in [7, 11) is 0. The molecule has 1 aromatic carbocycles. The third-order valence-electron chi connectivity index (χ3n) is 10.2. The van der Waals surface area contributed by atoms with E-state index in [9.17, 15) is 13.2 Å². The Morgan fingerprint density at radius 3 is 2.40 bits per heavy atom. The van der Waals surface area contributed by atoms with Crippen molar-refractivity contribution in [1.29, 1.82) is 0 Å². The summed E-state index contributed by atoms with van der Waals surface area (Å²) >= 11 is 0. The van der Waals surface area contributed by atoms with Crippen LogP contribution in [0.4, 0.5) is 13.2 Å². The van der Waals surface area contributed by atoms with E-state index in [1.807, 2.05) is 0 Å². The Balaban J connectivity index is 1.25. The number of benzene rings is 1. The molecule has 0 aliphatic heterocycles. The Kier molecular flexibility index (Phi) is 5.47. The van der Waals surface area contributed by atoms with Gasteiger partial charge in [-0.05, 0) is 117 Å². The molecule has 0 saturated heterocycles. The van der Waals surface area contributed by atoms with Crippen LogP contribution in [0.1, 0.15) is 76.7 Å². The highest BCUT2D eigenvalue weighted by Gasteiger charge is 2.57.